The van der Waals surface area contributed by atoms with Crippen molar-refractivity contribution in [1.82, 2.24) is 10.2 Å². The zero-order valence-corrected chi connectivity index (χ0v) is 13.6. The minimum absolute atomic E-state index is 0.00337. The maximum atomic E-state index is 14.1. The Balaban J connectivity index is 1.45. The summed E-state index contributed by atoms with van der Waals surface area (Å²) in [5.74, 6) is 0.0695. The normalized spacial score (nSPS) is 35.5. The van der Waals surface area contributed by atoms with Gasteiger partial charge in [0.1, 0.15) is 5.82 Å². The molecule has 2 bridgehead atoms. The topological polar surface area (TPSA) is 41.6 Å². The van der Waals surface area contributed by atoms with Crippen LogP contribution in [0.25, 0.3) is 0 Å². The molecule has 1 aromatic carbocycles. The largest absolute Gasteiger partial charge is 0.370 e. The number of rotatable bonds is 3. The van der Waals surface area contributed by atoms with Crippen LogP contribution in [0.15, 0.2) is 18.2 Å². The molecule has 0 saturated carbocycles. The SMILES string of the molecule is Cc1cccc(C(=O)NC[C@H]2[C@H]3CN(C)C[C@]34CC[C@H]2O4)c1F. The molecule has 1 amide bonds. The molecule has 0 unspecified atom stereocenters. The number of hydrogen-bond acceptors (Lipinski definition) is 3. The number of nitrogens with zero attached hydrogens (tertiary/aromatic N) is 1. The van der Waals surface area contributed by atoms with Crippen molar-refractivity contribution >= 4 is 5.91 Å². The molecule has 1 N–H and O–H groups in total. The molecule has 0 aliphatic carbocycles. The Morgan fingerprint density at radius 2 is 2.35 bits per heavy atom. The van der Waals surface area contributed by atoms with E-state index in [0.717, 1.165) is 25.9 Å². The van der Waals surface area contributed by atoms with E-state index in [1.165, 1.54) is 0 Å². The maximum absolute atomic E-state index is 14.1. The zero-order valence-electron chi connectivity index (χ0n) is 13.6. The third-order valence-electron chi connectivity index (χ3n) is 5.89. The first-order valence-electron chi connectivity index (χ1n) is 8.40. The number of likely N-dealkylation sites (tertiary alicyclic amines) is 1. The zero-order chi connectivity index (χ0) is 16.2. The molecule has 5 heteroatoms. The summed E-state index contributed by atoms with van der Waals surface area (Å²) in [6.07, 6.45) is 2.45. The molecule has 4 nitrogen and oxygen atoms in total. The van der Waals surface area contributed by atoms with Gasteiger partial charge in [0.05, 0.1) is 17.3 Å². The van der Waals surface area contributed by atoms with E-state index in [1.54, 1.807) is 25.1 Å². The average Bonchev–Trinajstić information content (AvgIpc) is 3.14. The van der Waals surface area contributed by atoms with Crippen molar-refractivity contribution in [3.05, 3.63) is 35.1 Å². The summed E-state index contributed by atoms with van der Waals surface area (Å²) < 4.78 is 20.4. The number of carbonyl (C=O) groups is 1. The molecule has 0 radical (unpaired) electrons. The lowest BCUT2D eigenvalue weighted by Gasteiger charge is -2.29. The van der Waals surface area contributed by atoms with Crippen molar-refractivity contribution in [2.24, 2.45) is 11.8 Å². The first kappa shape index (κ1) is 15.1. The Hall–Kier alpha value is -1.46. The van der Waals surface area contributed by atoms with Gasteiger partial charge in [0.15, 0.2) is 0 Å². The van der Waals surface area contributed by atoms with Crippen molar-refractivity contribution in [3.8, 4) is 0 Å². The number of hydrogen-bond donors (Lipinski definition) is 1. The molecule has 3 saturated heterocycles. The van der Waals surface area contributed by atoms with Crippen LogP contribution in [-0.2, 0) is 4.74 Å². The molecule has 1 spiro atoms. The summed E-state index contributed by atoms with van der Waals surface area (Å²) in [5.41, 5.74) is 0.633. The Bertz CT molecular complexity index is 650. The summed E-state index contributed by atoms with van der Waals surface area (Å²) in [6.45, 7) is 4.26. The van der Waals surface area contributed by atoms with Crippen LogP contribution >= 0.6 is 0 Å². The summed E-state index contributed by atoms with van der Waals surface area (Å²) in [5, 5.41) is 2.94. The van der Waals surface area contributed by atoms with Gasteiger partial charge in [-0.2, -0.15) is 0 Å². The fourth-order valence-electron chi connectivity index (χ4n) is 4.82. The van der Waals surface area contributed by atoms with Gasteiger partial charge < -0.3 is 15.0 Å². The quantitative estimate of drug-likeness (QED) is 0.926. The standard InChI is InChI=1S/C18H23FN2O2/c1-11-4-3-5-12(16(11)19)17(22)20-8-13-14-9-21(2)10-18(14)7-6-15(13)23-18/h3-5,13-15H,6-10H2,1-2H3,(H,20,22)/t13-,14+,15+,18+/m0/s1. The molecule has 124 valence electrons. The van der Waals surface area contributed by atoms with Crippen molar-refractivity contribution < 1.29 is 13.9 Å². The number of benzene rings is 1. The molecule has 3 fully saturated rings. The van der Waals surface area contributed by atoms with E-state index in [9.17, 15) is 9.18 Å². The average molecular weight is 318 g/mol. The van der Waals surface area contributed by atoms with Crippen molar-refractivity contribution in [1.29, 1.82) is 0 Å². The van der Waals surface area contributed by atoms with Gasteiger partial charge in [0.2, 0.25) is 0 Å². The molecule has 3 aliphatic rings. The minimum Gasteiger partial charge on any atom is -0.370 e. The van der Waals surface area contributed by atoms with Crippen LogP contribution in [0.4, 0.5) is 4.39 Å². The Morgan fingerprint density at radius 1 is 1.52 bits per heavy atom. The second-order valence-electron chi connectivity index (χ2n) is 7.37. The number of likely N-dealkylation sites (N-methyl/N-ethyl adjacent to an activating group) is 1. The highest BCUT2D eigenvalue weighted by Crippen LogP contribution is 2.54. The minimum atomic E-state index is -0.425. The summed E-state index contributed by atoms with van der Waals surface area (Å²) in [7, 11) is 2.13. The number of nitrogens with one attached hydrogen (secondary N) is 1. The van der Waals surface area contributed by atoms with E-state index in [0.29, 0.717) is 23.9 Å². The summed E-state index contributed by atoms with van der Waals surface area (Å²) in [4.78, 5) is 14.7. The third kappa shape index (κ3) is 2.29. The van der Waals surface area contributed by atoms with Crippen molar-refractivity contribution in [3.63, 3.8) is 0 Å². The number of amides is 1. The van der Waals surface area contributed by atoms with E-state index in [2.05, 4.69) is 17.3 Å². The van der Waals surface area contributed by atoms with Gasteiger partial charge in [-0.1, -0.05) is 12.1 Å². The van der Waals surface area contributed by atoms with Crippen LogP contribution in [0.1, 0.15) is 28.8 Å². The lowest BCUT2D eigenvalue weighted by molar-refractivity contribution is 0.00472. The molecular formula is C18H23FN2O2. The van der Waals surface area contributed by atoms with Crippen LogP contribution in [-0.4, -0.2) is 49.2 Å². The smallest absolute Gasteiger partial charge is 0.254 e. The van der Waals surface area contributed by atoms with Gasteiger partial charge in [-0.15, -0.1) is 0 Å². The van der Waals surface area contributed by atoms with Crippen LogP contribution in [0.3, 0.4) is 0 Å². The predicted octanol–water partition coefficient (Wildman–Crippen LogP) is 1.97. The highest BCUT2D eigenvalue weighted by atomic mass is 19.1. The van der Waals surface area contributed by atoms with Gasteiger partial charge in [-0.3, -0.25) is 4.79 Å². The number of halogens is 1. The third-order valence-corrected chi connectivity index (χ3v) is 5.89. The predicted molar refractivity (Wildman–Crippen MR) is 84.8 cm³/mol. The van der Waals surface area contributed by atoms with Gasteiger partial charge in [0, 0.05) is 31.5 Å². The molecule has 3 aliphatic heterocycles. The van der Waals surface area contributed by atoms with E-state index in [1.807, 2.05) is 0 Å². The second kappa shape index (κ2) is 5.28. The Morgan fingerprint density at radius 3 is 3.17 bits per heavy atom. The fraction of sp³-hybridized carbons (Fsp3) is 0.611. The lowest BCUT2D eigenvalue weighted by atomic mass is 9.73. The van der Waals surface area contributed by atoms with E-state index < -0.39 is 5.82 Å². The molecule has 23 heavy (non-hydrogen) atoms. The van der Waals surface area contributed by atoms with E-state index >= 15 is 0 Å². The van der Waals surface area contributed by atoms with Crippen molar-refractivity contribution in [2.45, 2.75) is 31.5 Å². The summed E-state index contributed by atoms with van der Waals surface area (Å²) >= 11 is 0. The van der Waals surface area contributed by atoms with Crippen LogP contribution < -0.4 is 5.32 Å². The Labute approximate surface area is 136 Å². The van der Waals surface area contributed by atoms with E-state index in [4.69, 9.17) is 4.74 Å². The van der Waals surface area contributed by atoms with Gasteiger partial charge in [-0.25, -0.2) is 4.39 Å². The Kier molecular flexibility index (Phi) is 3.46. The van der Waals surface area contributed by atoms with E-state index in [-0.39, 0.29) is 23.2 Å². The number of aryl methyl sites for hydroxylation is 1. The van der Waals surface area contributed by atoms with Gasteiger partial charge >= 0.3 is 0 Å². The first-order valence-corrected chi connectivity index (χ1v) is 8.40. The van der Waals surface area contributed by atoms with Gasteiger partial charge in [0.25, 0.3) is 5.91 Å². The van der Waals surface area contributed by atoms with Gasteiger partial charge in [-0.05, 0) is 38.4 Å². The molecule has 4 atom stereocenters. The number of carbonyl (C=O) groups excluding carboxylic acids is 1. The van der Waals surface area contributed by atoms with Crippen LogP contribution in [0.2, 0.25) is 0 Å². The number of ether oxygens (including phenoxy) is 1. The molecule has 1 aromatic rings. The summed E-state index contributed by atoms with van der Waals surface area (Å²) in [6, 6.07) is 4.93. The van der Waals surface area contributed by atoms with Crippen LogP contribution in [0, 0.1) is 24.6 Å². The maximum Gasteiger partial charge on any atom is 0.254 e. The highest BCUT2D eigenvalue weighted by Gasteiger charge is 2.62. The molecule has 3 heterocycles. The monoisotopic (exact) mass is 318 g/mol. The molecule has 0 aromatic heterocycles. The highest BCUT2D eigenvalue weighted by molar-refractivity contribution is 5.94. The number of fused-ring (bicyclic) bond motifs is 1. The van der Waals surface area contributed by atoms with Crippen molar-refractivity contribution in [2.75, 3.05) is 26.7 Å². The molecular weight excluding hydrogens is 295 g/mol. The second-order valence-corrected chi connectivity index (χ2v) is 7.37. The lowest BCUT2D eigenvalue weighted by Crippen LogP contribution is -2.42. The van der Waals surface area contributed by atoms with Crippen LogP contribution in [0.5, 0.6) is 0 Å². The first-order chi connectivity index (χ1) is 11.0. The molecule has 4 rings (SSSR count). The fourth-order valence-corrected chi connectivity index (χ4v) is 4.82.